The van der Waals surface area contributed by atoms with Gasteiger partial charge in [0.15, 0.2) is 0 Å². The summed E-state index contributed by atoms with van der Waals surface area (Å²) in [7, 11) is 0. The van der Waals surface area contributed by atoms with Gasteiger partial charge in [-0.25, -0.2) is 4.79 Å². The summed E-state index contributed by atoms with van der Waals surface area (Å²) in [6.45, 7) is 0. The van der Waals surface area contributed by atoms with Gasteiger partial charge >= 0.3 is 51.4 Å². The second kappa shape index (κ2) is 8.83. The normalized spacial score (nSPS) is 2.00. The van der Waals surface area contributed by atoms with E-state index in [2.05, 4.69) is 12.2 Å². The molecule has 0 aliphatic rings. The van der Waals surface area contributed by atoms with Gasteiger partial charge in [0.05, 0.1) is 0 Å². The van der Waals surface area contributed by atoms with Crippen LogP contribution < -0.4 is 0 Å². The van der Waals surface area contributed by atoms with Crippen LogP contribution in [0.25, 0.3) is 0 Å². The van der Waals surface area contributed by atoms with E-state index in [9.17, 15) is 0 Å². The van der Waals surface area contributed by atoms with Gasteiger partial charge in [0.25, 0.3) is 0 Å². The Bertz CT molecular complexity index is 29.0. The summed E-state index contributed by atoms with van der Waals surface area (Å²) < 4.78 is 0. The molecule has 0 saturated carbocycles. The molecule has 0 spiro atoms. The van der Waals surface area contributed by atoms with Crippen LogP contribution in [0.2, 0.25) is 0 Å². The molecule has 0 aliphatic carbocycles. The van der Waals surface area contributed by atoms with Crippen molar-refractivity contribution in [3.05, 3.63) is 0 Å². The number of carbonyl (C=O) groups excluding carboxylic acids is 1. The zero-order chi connectivity index (χ0) is 2.71. The average molecular weight is 100 g/mol. The number of rotatable bonds is 0. The topological polar surface area (TPSA) is 17.1 Å². The molecule has 0 atom stereocenters. The van der Waals surface area contributed by atoms with E-state index < -0.39 is 0 Å². The first kappa shape index (κ1) is 9.06. The van der Waals surface area contributed by atoms with Crippen molar-refractivity contribution in [2.24, 2.45) is 0 Å². The van der Waals surface area contributed by atoms with E-state index in [1.165, 1.54) is 0 Å². The first-order valence-corrected chi connectivity index (χ1v) is 0.816. The van der Waals surface area contributed by atoms with Crippen LogP contribution in [0.4, 0.5) is 0 Å². The van der Waals surface area contributed by atoms with Crippen molar-refractivity contribution < 1.29 is 4.79 Å². The van der Waals surface area contributed by atoms with Crippen molar-refractivity contribution in [2.75, 3.05) is 0 Å². The second-order valence-corrected chi connectivity index (χ2v) is 0.250. The van der Waals surface area contributed by atoms with Crippen molar-refractivity contribution in [2.45, 2.75) is 0 Å². The Hall–Kier alpha value is 1.44. The molecule has 0 N–H and O–H groups in total. The van der Waals surface area contributed by atoms with E-state index in [0.29, 0.717) is 0 Å². The van der Waals surface area contributed by atoms with Crippen LogP contribution in [0, 0.1) is 0 Å². The van der Waals surface area contributed by atoms with Crippen LogP contribution in [0.15, 0.2) is 0 Å². The molecule has 1 nitrogen and oxygen atoms in total. The summed E-state index contributed by atoms with van der Waals surface area (Å²) in [6.07, 6.45) is 0. The van der Waals surface area contributed by atoms with E-state index >= 15 is 0 Å². The molecule has 0 saturated heterocycles. The van der Waals surface area contributed by atoms with Crippen molar-refractivity contribution in [3.63, 3.8) is 0 Å². The number of hydrogen-bond acceptors (Lipinski definition) is 2. The molecule has 0 aromatic rings. The summed E-state index contributed by atoms with van der Waals surface area (Å²) in [5.74, 6) is 0. The Balaban J connectivity index is 0. The van der Waals surface area contributed by atoms with Gasteiger partial charge in [-0.15, -0.1) is 0 Å². The average Bonchev–Trinajstić information content (AvgIpc) is 0.918. The molecule has 0 amide bonds. The van der Waals surface area contributed by atoms with E-state index in [1.807, 2.05) is 0 Å². The van der Waals surface area contributed by atoms with Gasteiger partial charge in [-0.1, -0.05) is 0 Å². The van der Waals surface area contributed by atoms with Crippen LogP contribution in [-0.2, 0) is 4.79 Å². The third-order valence-corrected chi connectivity index (χ3v) is 0. The predicted molar refractivity (Wildman–Crippen MR) is 20.4 cm³/mol. The predicted octanol–water partition coefficient (Wildman–Crippen LogP) is -0.397. The Kier molecular flexibility index (Phi) is 20.0. The minimum absolute atomic E-state index is 0. The maximum absolute atomic E-state index is 8.50. The van der Waals surface area contributed by atoms with Crippen molar-refractivity contribution >= 4 is 68.8 Å². The quantitative estimate of drug-likeness (QED) is 0.304. The molecule has 0 aromatic carbocycles. The van der Waals surface area contributed by atoms with Gasteiger partial charge in [-0.2, -0.15) is 0 Å². The zero-order valence-corrected chi connectivity index (χ0v) is 2.13. The maximum atomic E-state index is 8.50. The molecule has 0 heterocycles. The Labute approximate surface area is 72.2 Å². The monoisotopic (exact) mass is 99.9 g/mol. The molecule has 0 aliphatic heterocycles. The number of hydrogen-bond donors (Lipinski definition) is 0. The van der Waals surface area contributed by atoms with Gasteiger partial charge in [-0.05, 0) is 0 Å². The molecule has 0 aromatic heterocycles. The van der Waals surface area contributed by atoms with Crippen LogP contribution >= 0.6 is 12.2 Å². The van der Waals surface area contributed by atoms with E-state index in [-0.39, 0.29) is 51.4 Å². The summed E-state index contributed by atoms with van der Waals surface area (Å²) in [6, 6.07) is 0. The van der Waals surface area contributed by atoms with Gasteiger partial charge in [0, 0.05) is 12.2 Å². The first-order chi connectivity index (χ1) is 1.41. The zero-order valence-electron chi connectivity index (χ0n) is 1.32. The summed E-state index contributed by atoms with van der Waals surface area (Å²) >= 11 is 3.59. The fraction of sp³-hybridized carbons (Fsp3) is 0. The molecule has 0 bridgehead atoms. The Morgan fingerprint density at radius 2 is 1.75 bits per heavy atom. The second-order valence-electron chi connectivity index (χ2n) is 0.0833. The van der Waals surface area contributed by atoms with Crippen molar-refractivity contribution in [1.82, 2.24) is 0 Å². The van der Waals surface area contributed by atoms with Gasteiger partial charge in [-0.3, -0.25) is 0 Å². The molecule has 0 fully saturated rings. The molecular weight excluding hydrogens is 99.2 g/mol. The third-order valence-electron chi connectivity index (χ3n) is 0. The molecular formula is CHKOS. The minimum atomic E-state index is 0. The van der Waals surface area contributed by atoms with Crippen molar-refractivity contribution in [1.29, 1.82) is 0 Å². The SMILES string of the molecule is O=C=S.[KH]. The Morgan fingerprint density at radius 1 is 1.75 bits per heavy atom. The molecule has 4 heavy (non-hydrogen) atoms. The van der Waals surface area contributed by atoms with E-state index in [4.69, 9.17) is 4.79 Å². The molecule has 3 heteroatoms. The molecule has 0 rings (SSSR count). The van der Waals surface area contributed by atoms with Crippen LogP contribution in [0.3, 0.4) is 0 Å². The van der Waals surface area contributed by atoms with Crippen LogP contribution in [0.5, 0.6) is 0 Å². The fourth-order valence-electron chi connectivity index (χ4n) is 0. The van der Waals surface area contributed by atoms with Crippen LogP contribution in [0.1, 0.15) is 0 Å². The molecule has 0 radical (unpaired) electrons. The van der Waals surface area contributed by atoms with Gasteiger partial charge in [0.1, 0.15) is 0 Å². The van der Waals surface area contributed by atoms with Gasteiger partial charge in [0.2, 0.25) is 5.23 Å². The standard InChI is InChI=1S/COS.K.H/c2-1-3;;. The summed E-state index contributed by atoms with van der Waals surface area (Å²) in [5.41, 5.74) is 0. The van der Waals surface area contributed by atoms with Crippen LogP contribution in [-0.4, -0.2) is 56.6 Å². The van der Waals surface area contributed by atoms with Gasteiger partial charge < -0.3 is 0 Å². The molecule has 0 unspecified atom stereocenters. The van der Waals surface area contributed by atoms with E-state index in [0.717, 1.165) is 5.23 Å². The van der Waals surface area contributed by atoms with E-state index in [1.54, 1.807) is 0 Å². The molecule has 18 valence electrons. The summed E-state index contributed by atoms with van der Waals surface area (Å²) in [5, 5.41) is 1.08. The Morgan fingerprint density at radius 3 is 1.75 bits per heavy atom. The third kappa shape index (κ3) is 9.89. The summed E-state index contributed by atoms with van der Waals surface area (Å²) in [4.78, 5) is 8.50. The number of thiocarbonyl (C=S) groups is 1. The van der Waals surface area contributed by atoms with Crippen molar-refractivity contribution in [3.8, 4) is 0 Å². The first-order valence-electron chi connectivity index (χ1n) is 0.408. The fourth-order valence-corrected chi connectivity index (χ4v) is 0.